The van der Waals surface area contributed by atoms with E-state index in [0.717, 1.165) is 6.42 Å². The van der Waals surface area contributed by atoms with Crippen molar-refractivity contribution >= 4 is 17.8 Å². The van der Waals surface area contributed by atoms with E-state index in [0.29, 0.717) is 45.0 Å². The second kappa shape index (κ2) is 8.64. The molecule has 6 heteroatoms. The smallest absolute Gasteiger partial charge is 0.311 e. The Bertz CT molecular complexity index is 374. The van der Waals surface area contributed by atoms with Gasteiger partial charge in [0.15, 0.2) is 0 Å². The normalized spacial score (nSPS) is 15.9. The number of nitrogens with one attached hydrogen (secondary N) is 1. The Labute approximate surface area is 126 Å². The number of ether oxygens (including phenoxy) is 1. The van der Waals surface area contributed by atoms with Gasteiger partial charge in [0.1, 0.15) is 0 Å². The summed E-state index contributed by atoms with van der Waals surface area (Å²) in [5, 5.41) is 2.64. The summed E-state index contributed by atoms with van der Waals surface area (Å²) < 4.78 is 4.98. The van der Waals surface area contributed by atoms with E-state index in [1.807, 2.05) is 0 Å². The predicted octanol–water partition coefficient (Wildman–Crippen LogP) is 0.950. The van der Waals surface area contributed by atoms with Gasteiger partial charge in [-0.2, -0.15) is 0 Å². The van der Waals surface area contributed by atoms with Crippen molar-refractivity contribution in [3.63, 3.8) is 0 Å². The molecule has 0 unspecified atom stereocenters. The van der Waals surface area contributed by atoms with Crippen molar-refractivity contribution in [2.24, 2.45) is 11.8 Å². The summed E-state index contributed by atoms with van der Waals surface area (Å²) in [6.45, 7) is 7.65. The lowest BCUT2D eigenvalue weighted by atomic mass is 9.97. The zero-order chi connectivity index (χ0) is 15.8. The molecule has 0 atom stereocenters. The van der Waals surface area contributed by atoms with Crippen LogP contribution in [0.15, 0.2) is 0 Å². The second-order valence-electron chi connectivity index (χ2n) is 5.76. The number of hydrogen-bond donors (Lipinski definition) is 1. The van der Waals surface area contributed by atoms with E-state index in [4.69, 9.17) is 4.74 Å². The van der Waals surface area contributed by atoms with Crippen molar-refractivity contribution in [3.05, 3.63) is 0 Å². The van der Waals surface area contributed by atoms with Crippen molar-refractivity contribution in [3.8, 4) is 0 Å². The first-order chi connectivity index (χ1) is 9.95. The average Bonchev–Trinajstić information content (AvgIpc) is 2.46. The molecule has 2 amide bonds. The van der Waals surface area contributed by atoms with Gasteiger partial charge in [-0.05, 0) is 32.1 Å². The van der Waals surface area contributed by atoms with E-state index < -0.39 is 11.8 Å². The van der Waals surface area contributed by atoms with Crippen molar-refractivity contribution in [2.45, 2.75) is 40.0 Å². The minimum atomic E-state index is -0.551. The molecule has 0 spiro atoms. The van der Waals surface area contributed by atoms with E-state index in [1.165, 1.54) is 4.90 Å². The van der Waals surface area contributed by atoms with Crippen LogP contribution in [0.5, 0.6) is 0 Å². The molecule has 21 heavy (non-hydrogen) atoms. The van der Waals surface area contributed by atoms with E-state index in [-0.39, 0.29) is 11.9 Å². The molecule has 1 N–H and O–H groups in total. The Hall–Kier alpha value is -1.59. The number of piperidine rings is 1. The Morgan fingerprint density at radius 3 is 2.38 bits per heavy atom. The second-order valence-corrected chi connectivity index (χ2v) is 5.76. The van der Waals surface area contributed by atoms with E-state index in [2.05, 4.69) is 19.2 Å². The van der Waals surface area contributed by atoms with Gasteiger partial charge >= 0.3 is 17.8 Å². The van der Waals surface area contributed by atoms with E-state index in [9.17, 15) is 14.4 Å². The number of rotatable bonds is 5. The molecule has 0 bridgehead atoms. The van der Waals surface area contributed by atoms with Crippen molar-refractivity contribution in [1.82, 2.24) is 10.2 Å². The molecule has 1 saturated heterocycles. The summed E-state index contributed by atoms with van der Waals surface area (Å²) in [6, 6.07) is 0. The Morgan fingerprint density at radius 2 is 1.86 bits per heavy atom. The maximum atomic E-state index is 12.0. The van der Waals surface area contributed by atoms with Crippen LogP contribution in [0.2, 0.25) is 0 Å². The Kier molecular flexibility index (Phi) is 7.19. The van der Waals surface area contributed by atoms with Crippen LogP contribution in [-0.2, 0) is 19.1 Å². The topological polar surface area (TPSA) is 75.7 Å². The molecule has 6 nitrogen and oxygen atoms in total. The van der Waals surface area contributed by atoms with Crippen molar-refractivity contribution < 1.29 is 19.1 Å². The number of carbonyl (C=O) groups is 3. The summed E-state index contributed by atoms with van der Waals surface area (Å²) >= 11 is 0. The number of nitrogens with zero attached hydrogens (tertiary/aromatic N) is 1. The largest absolute Gasteiger partial charge is 0.466 e. The highest BCUT2D eigenvalue weighted by Crippen LogP contribution is 2.18. The fourth-order valence-electron chi connectivity index (χ4n) is 2.27. The first kappa shape index (κ1) is 17.5. The van der Waals surface area contributed by atoms with Gasteiger partial charge in [0.25, 0.3) is 0 Å². The van der Waals surface area contributed by atoms with Gasteiger partial charge in [0.05, 0.1) is 12.5 Å². The third kappa shape index (κ3) is 5.73. The molecule has 1 aliphatic heterocycles. The number of likely N-dealkylation sites (tertiary alicyclic amines) is 1. The maximum absolute atomic E-state index is 12.0. The van der Waals surface area contributed by atoms with Crippen LogP contribution in [0, 0.1) is 11.8 Å². The van der Waals surface area contributed by atoms with Crippen molar-refractivity contribution in [1.29, 1.82) is 0 Å². The maximum Gasteiger partial charge on any atom is 0.311 e. The fraction of sp³-hybridized carbons (Fsp3) is 0.800. The molecule has 0 aromatic carbocycles. The van der Waals surface area contributed by atoms with Gasteiger partial charge < -0.3 is 15.0 Å². The summed E-state index contributed by atoms with van der Waals surface area (Å²) in [5.74, 6) is -0.920. The first-order valence-electron chi connectivity index (χ1n) is 7.69. The number of hydrogen-bond acceptors (Lipinski definition) is 4. The SMILES string of the molecule is CCOC(=O)C1CCN(C(=O)C(=O)NCCC(C)C)CC1. The summed E-state index contributed by atoms with van der Waals surface area (Å²) in [7, 11) is 0. The minimum absolute atomic E-state index is 0.155. The highest BCUT2D eigenvalue weighted by atomic mass is 16.5. The standard InChI is InChI=1S/C15H26N2O4/c1-4-21-15(20)12-6-9-17(10-7-12)14(19)13(18)16-8-5-11(2)3/h11-12H,4-10H2,1-3H3,(H,16,18). The molecular formula is C15H26N2O4. The molecule has 1 heterocycles. The highest BCUT2D eigenvalue weighted by Gasteiger charge is 2.30. The van der Waals surface area contributed by atoms with Gasteiger partial charge in [-0.3, -0.25) is 14.4 Å². The molecule has 0 saturated carbocycles. The van der Waals surface area contributed by atoms with Gasteiger partial charge in [0.2, 0.25) is 0 Å². The van der Waals surface area contributed by atoms with Crippen LogP contribution < -0.4 is 5.32 Å². The van der Waals surface area contributed by atoms with Gasteiger partial charge in [-0.1, -0.05) is 13.8 Å². The van der Waals surface area contributed by atoms with Crippen LogP contribution in [-0.4, -0.2) is 48.9 Å². The molecule has 0 aliphatic carbocycles. The van der Waals surface area contributed by atoms with E-state index in [1.54, 1.807) is 6.92 Å². The molecule has 1 aliphatic rings. The number of carbonyl (C=O) groups excluding carboxylic acids is 3. The molecule has 0 aromatic heterocycles. The van der Waals surface area contributed by atoms with Crippen LogP contribution >= 0.6 is 0 Å². The molecule has 1 fully saturated rings. The molecular weight excluding hydrogens is 272 g/mol. The summed E-state index contributed by atoms with van der Waals surface area (Å²) in [5.41, 5.74) is 0. The van der Waals surface area contributed by atoms with Crippen LogP contribution in [0.1, 0.15) is 40.0 Å². The lowest BCUT2D eigenvalue weighted by Gasteiger charge is -2.30. The molecule has 0 aromatic rings. The van der Waals surface area contributed by atoms with Gasteiger partial charge in [0, 0.05) is 19.6 Å². The Morgan fingerprint density at radius 1 is 1.24 bits per heavy atom. The molecule has 0 radical (unpaired) electrons. The predicted molar refractivity (Wildman–Crippen MR) is 78.4 cm³/mol. The quantitative estimate of drug-likeness (QED) is 0.605. The molecule has 1 rings (SSSR count). The van der Waals surface area contributed by atoms with Gasteiger partial charge in [-0.25, -0.2) is 0 Å². The third-order valence-electron chi connectivity index (χ3n) is 3.60. The lowest BCUT2D eigenvalue weighted by molar-refractivity contribution is -0.152. The van der Waals surface area contributed by atoms with Crippen LogP contribution in [0.3, 0.4) is 0 Å². The zero-order valence-corrected chi connectivity index (χ0v) is 13.2. The van der Waals surface area contributed by atoms with Gasteiger partial charge in [-0.15, -0.1) is 0 Å². The summed E-state index contributed by atoms with van der Waals surface area (Å²) in [6.07, 6.45) is 1.97. The van der Waals surface area contributed by atoms with Crippen molar-refractivity contribution in [2.75, 3.05) is 26.2 Å². The number of esters is 1. The number of amides is 2. The summed E-state index contributed by atoms with van der Waals surface area (Å²) in [4.78, 5) is 36.8. The lowest BCUT2D eigenvalue weighted by Crippen LogP contribution is -2.47. The van der Waals surface area contributed by atoms with Crippen LogP contribution in [0.25, 0.3) is 0 Å². The minimum Gasteiger partial charge on any atom is -0.466 e. The fourth-order valence-corrected chi connectivity index (χ4v) is 2.27. The molecule has 120 valence electrons. The third-order valence-corrected chi connectivity index (χ3v) is 3.60. The van der Waals surface area contributed by atoms with E-state index >= 15 is 0 Å². The van der Waals surface area contributed by atoms with Crippen LogP contribution in [0.4, 0.5) is 0 Å². The Balaban J connectivity index is 2.34. The first-order valence-corrected chi connectivity index (χ1v) is 7.69. The monoisotopic (exact) mass is 298 g/mol. The highest BCUT2D eigenvalue weighted by molar-refractivity contribution is 6.35. The average molecular weight is 298 g/mol. The zero-order valence-electron chi connectivity index (χ0n) is 13.2.